The molecule has 0 saturated heterocycles. The van der Waals surface area contributed by atoms with Crippen LogP contribution in [0, 0.1) is 19.3 Å². The minimum absolute atomic E-state index is 0.00148. The molecule has 0 atom stereocenters. The standard InChI is InChI=1S/C11H13NO2.C10H12O.C9H11NO.C6H12N2O.C4H9NO/c1-12-11(14)8-7-10(13)9-5-3-2-4-6-9;1-8-3-5-10(6-4-8)7-9(2)11;1-7-3-5-8(6-4-7)9(11)10-2;1-5(7)3-4-6(9)8-2;1-4(6)3-5-2/h2-6H,7-8H2,1H3,(H,12,14);3-6H,7H2,1-2H3;3-6H,1-2H3,(H,10,11);7H,3-4H2,1-2H3,(H,8,9);5H,3H2,1-2H3. The second kappa shape index (κ2) is 29.6. The topological polar surface area (TPSA) is 174 Å². The molecule has 3 aromatic rings. The van der Waals surface area contributed by atoms with E-state index in [4.69, 9.17) is 5.41 Å². The SMILES string of the molecule is CC(=O)Cc1ccc(C)cc1.CNC(=O)CCC(=O)c1ccccc1.CNC(=O)CCC(C)=N.CNC(=O)c1ccc(C)cc1.CNCC(C)=O. The molecule has 0 unspecified atom stereocenters. The number of carbonyl (C=O) groups excluding carboxylic acids is 6. The van der Waals surface area contributed by atoms with Crippen molar-refractivity contribution in [1.29, 1.82) is 5.41 Å². The van der Waals surface area contributed by atoms with Crippen LogP contribution in [0.3, 0.4) is 0 Å². The van der Waals surface area contributed by atoms with Crippen molar-refractivity contribution < 1.29 is 28.8 Å². The van der Waals surface area contributed by atoms with Crippen LogP contribution in [0.1, 0.15) is 83.9 Å². The zero-order valence-corrected chi connectivity index (χ0v) is 31.7. The van der Waals surface area contributed by atoms with E-state index in [1.165, 1.54) is 5.56 Å². The number of aryl methyl sites for hydroxylation is 2. The summed E-state index contributed by atoms with van der Waals surface area (Å²) in [4.78, 5) is 64.6. The first-order chi connectivity index (χ1) is 24.1. The molecule has 0 spiro atoms. The molecule has 11 heteroatoms. The molecule has 0 aliphatic rings. The Morgan fingerprint density at radius 3 is 1.39 bits per heavy atom. The third-order valence-corrected chi connectivity index (χ3v) is 6.50. The van der Waals surface area contributed by atoms with Crippen LogP contribution in [0.5, 0.6) is 0 Å². The van der Waals surface area contributed by atoms with Crippen LogP contribution in [0.2, 0.25) is 0 Å². The maximum atomic E-state index is 11.5. The van der Waals surface area contributed by atoms with Gasteiger partial charge in [-0.3, -0.25) is 28.8 Å². The van der Waals surface area contributed by atoms with Crippen LogP contribution in [-0.2, 0) is 25.6 Å². The fourth-order valence-corrected chi connectivity index (χ4v) is 3.64. The van der Waals surface area contributed by atoms with E-state index in [1.807, 2.05) is 80.6 Å². The molecule has 0 saturated carbocycles. The van der Waals surface area contributed by atoms with Gasteiger partial charge in [0.15, 0.2) is 5.78 Å². The third-order valence-electron chi connectivity index (χ3n) is 6.50. The van der Waals surface area contributed by atoms with E-state index in [1.54, 1.807) is 61.1 Å². The van der Waals surface area contributed by atoms with Crippen LogP contribution in [0.25, 0.3) is 0 Å². The largest absolute Gasteiger partial charge is 0.359 e. The van der Waals surface area contributed by atoms with Gasteiger partial charge in [0, 0.05) is 63.7 Å². The van der Waals surface area contributed by atoms with Crippen LogP contribution >= 0.6 is 0 Å². The van der Waals surface area contributed by atoms with Gasteiger partial charge in [0.25, 0.3) is 5.91 Å². The lowest BCUT2D eigenvalue weighted by molar-refractivity contribution is -0.121. The van der Waals surface area contributed by atoms with Crippen molar-refractivity contribution in [2.24, 2.45) is 0 Å². The summed E-state index contributed by atoms with van der Waals surface area (Å²) >= 11 is 0. The highest BCUT2D eigenvalue weighted by Gasteiger charge is 2.07. The quantitative estimate of drug-likeness (QED) is 0.127. The number of likely N-dealkylation sites (N-methyl/N-ethyl adjacent to an activating group) is 1. The molecule has 0 bridgehead atoms. The predicted octanol–water partition coefficient (Wildman–Crippen LogP) is 5.22. The van der Waals surface area contributed by atoms with Gasteiger partial charge in [0.05, 0.1) is 6.54 Å². The van der Waals surface area contributed by atoms with Crippen molar-refractivity contribution in [3.63, 3.8) is 0 Å². The monoisotopic (exact) mass is 703 g/mol. The molecule has 0 heterocycles. The average Bonchev–Trinajstić information content (AvgIpc) is 3.11. The molecule has 3 amide bonds. The van der Waals surface area contributed by atoms with Crippen molar-refractivity contribution in [2.75, 3.05) is 34.7 Å². The number of Topliss-reactive ketones (excluding diaryl/α,β-unsaturated/α-hetero) is 3. The first-order valence-electron chi connectivity index (χ1n) is 16.6. The second-order valence-electron chi connectivity index (χ2n) is 11.5. The van der Waals surface area contributed by atoms with E-state index in [0.717, 1.165) is 11.1 Å². The summed E-state index contributed by atoms with van der Waals surface area (Å²) in [6, 6.07) is 24.5. The third kappa shape index (κ3) is 28.3. The first-order valence-corrected chi connectivity index (χ1v) is 16.6. The summed E-state index contributed by atoms with van der Waals surface area (Å²) in [5, 5.41) is 17.2. The molecular weight excluding hydrogens is 646 g/mol. The van der Waals surface area contributed by atoms with Crippen molar-refractivity contribution in [1.82, 2.24) is 21.3 Å². The van der Waals surface area contributed by atoms with E-state index in [9.17, 15) is 28.8 Å². The smallest absolute Gasteiger partial charge is 0.251 e. The van der Waals surface area contributed by atoms with Gasteiger partial charge in [-0.2, -0.15) is 0 Å². The molecule has 3 aromatic carbocycles. The van der Waals surface area contributed by atoms with Gasteiger partial charge in [0.1, 0.15) is 11.6 Å². The predicted molar refractivity (Wildman–Crippen MR) is 206 cm³/mol. The number of ketones is 3. The fraction of sp³-hybridized carbons (Fsp3) is 0.375. The Hall–Kier alpha value is -5.29. The summed E-state index contributed by atoms with van der Waals surface area (Å²) in [5.41, 5.74) is 5.42. The van der Waals surface area contributed by atoms with Crippen LogP contribution in [0.4, 0.5) is 0 Å². The Morgan fingerprint density at radius 1 is 0.549 bits per heavy atom. The number of benzene rings is 3. The normalized spacial score (nSPS) is 9.20. The zero-order valence-electron chi connectivity index (χ0n) is 31.7. The fourth-order valence-electron chi connectivity index (χ4n) is 3.64. The highest BCUT2D eigenvalue weighted by atomic mass is 16.2. The van der Waals surface area contributed by atoms with Crippen LogP contribution in [0.15, 0.2) is 78.9 Å². The highest BCUT2D eigenvalue weighted by Crippen LogP contribution is 2.05. The lowest BCUT2D eigenvalue weighted by atomic mass is 10.1. The molecule has 51 heavy (non-hydrogen) atoms. The van der Waals surface area contributed by atoms with E-state index < -0.39 is 0 Å². The number of hydrogen-bond donors (Lipinski definition) is 5. The molecule has 0 aromatic heterocycles. The van der Waals surface area contributed by atoms with Gasteiger partial charge in [-0.25, -0.2) is 0 Å². The molecule has 3 rings (SSSR count). The van der Waals surface area contributed by atoms with Crippen molar-refractivity contribution in [3.05, 3.63) is 107 Å². The molecule has 0 fully saturated rings. The van der Waals surface area contributed by atoms with Gasteiger partial charge in [-0.05, 0) is 65.8 Å². The molecule has 278 valence electrons. The number of nitrogens with one attached hydrogen (secondary N) is 5. The molecule has 0 aliphatic carbocycles. The van der Waals surface area contributed by atoms with E-state index in [2.05, 4.69) is 21.3 Å². The minimum atomic E-state index is -0.103. The summed E-state index contributed by atoms with van der Waals surface area (Å²) in [5.74, 6) is 0.265. The molecular formula is C40H57N5O6. The molecule has 11 nitrogen and oxygen atoms in total. The molecule has 0 radical (unpaired) electrons. The van der Waals surface area contributed by atoms with Crippen LogP contribution < -0.4 is 21.3 Å². The maximum Gasteiger partial charge on any atom is 0.251 e. The van der Waals surface area contributed by atoms with E-state index >= 15 is 0 Å². The van der Waals surface area contributed by atoms with Crippen molar-refractivity contribution in [3.8, 4) is 0 Å². The minimum Gasteiger partial charge on any atom is -0.359 e. The van der Waals surface area contributed by atoms with Gasteiger partial charge in [-0.1, -0.05) is 77.9 Å². The van der Waals surface area contributed by atoms with Crippen molar-refractivity contribution in [2.45, 2.75) is 66.7 Å². The molecule has 5 N–H and O–H groups in total. The Labute approximate surface area is 303 Å². The average molecular weight is 704 g/mol. The highest BCUT2D eigenvalue weighted by molar-refractivity contribution is 5.97. The Bertz CT molecular complexity index is 1490. The summed E-state index contributed by atoms with van der Waals surface area (Å²) in [7, 11) is 6.54. The van der Waals surface area contributed by atoms with E-state index in [0.29, 0.717) is 42.6 Å². The number of amides is 3. The number of rotatable bonds is 12. The van der Waals surface area contributed by atoms with Gasteiger partial charge in [-0.15, -0.1) is 0 Å². The molecule has 0 aliphatic heterocycles. The Morgan fingerprint density at radius 2 is 1.02 bits per heavy atom. The maximum absolute atomic E-state index is 11.5. The zero-order chi connectivity index (χ0) is 39.2. The van der Waals surface area contributed by atoms with Gasteiger partial charge >= 0.3 is 0 Å². The van der Waals surface area contributed by atoms with Gasteiger partial charge in [0.2, 0.25) is 11.8 Å². The first kappa shape index (κ1) is 47.8. The van der Waals surface area contributed by atoms with Gasteiger partial charge < -0.3 is 26.7 Å². The Kier molecular flexibility index (Phi) is 27.8. The summed E-state index contributed by atoms with van der Waals surface area (Å²) < 4.78 is 0. The van der Waals surface area contributed by atoms with E-state index in [-0.39, 0.29) is 47.9 Å². The Balaban J connectivity index is 0. The lowest BCUT2D eigenvalue weighted by Crippen LogP contribution is -2.18. The summed E-state index contributed by atoms with van der Waals surface area (Å²) in [6.07, 6.45) is 2.08. The number of hydrogen-bond acceptors (Lipinski definition) is 8. The van der Waals surface area contributed by atoms with Crippen LogP contribution in [-0.4, -0.2) is 75.5 Å². The summed E-state index contributed by atoms with van der Waals surface area (Å²) in [6.45, 7) is 9.38. The second-order valence-corrected chi connectivity index (χ2v) is 11.5. The lowest BCUT2D eigenvalue weighted by Gasteiger charge is -1.99. The number of carbonyl (C=O) groups is 6. The van der Waals surface area contributed by atoms with Crippen molar-refractivity contribution >= 4 is 40.8 Å².